The molecule has 0 spiro atoms. The summed E-state index contributed by atoms with van der Waals surface area (Å²) in [4.78, 5) is 18.2. The molecule has 0 atom stereocenters. The maximum atomic E-state index is 13.2. The zero-order valence-electron chi connectivity index (χ0n) is 17.2. The highest BCUT2D eigenvalue weighted by Gasteiger charge is 2.33. The maximum absolute atomic E-state index is 13.2. The molecule has 0 bridgehead atoms. The molecule has 5 nitrogen and oxygen atoms in total. The van der Waals surface area contributed by atoms with Crippen LogP contribution in [-0.2, 0) is 12.8 Å². The summed E-state index contributed by atoms with van der Waals surface area (Å²) in [6.07, 6.45) is -4.46. The lowest BCUT2D eigenvalue weighted by Gasteiger charge is -2.15. The molecule has 3 rings (SSSR count). The van der Waals surface area contributed by atoms with Crippen molar-refractivity contribution in [2.45, 2.75) is 19.7 Å². The van der Waals surface area contributed by atoms with Gasteiger partial charge in [0.2, 0.25) is 0 Å². The molecular weight excluding hydrogens is 429 g/mol. The average molecular weight is 450 g/mol. The quantitative estimate of drug-likeness (QED) is 0.476. The van der Waals surface area contributed by atoms with E-state index in [1.165, 1.54) is 36.6 Å². The number of hydrogen-bond acceptors (Lipinski definition) is 5. The number of benzene rings is 2. The lowest BCUT2D eigenvalue weighted by molar-refractivity contribution is -0.138. The van der Waals surface area contributed by atoms with Crippen molar-refractivity contribution in [3.63, 3.8) is 0 Å². The average Bonchev–Trinajstić information content (AvgIpc) is 3.26. The van der Waals surface area contributed by atoms with Gasteiger partial charge in [-0.15, -0.1) is 11.3 Å². The summed E-state index contributed by atoms with van der Waals surface area (Å²) in [5.74, 6) is 0.498. The van der Waals surface area contributed by atoms with Crippen molar-refractivity contribution in [1.29, 1.82) is 0 Å². The van der Waals surface area contributed by atoms with Gasteiger partial charge < -0.3 is 14.4 Å². The Morgan fingerprint density at radius 1 is 1.16 bits per heavy atom. The highest BCUT2D eigenvalue weighted by atomic mass is 32.1. The van der Waals surface area contributed by atoms with Gasteiger partial charge in [-0.05, 0) is 31.2 Å². The number of ether oxygens (including phenoxy) is 2. The third-order valence-corrected chi connectivity index (χ3v) is 5.55. The molecule has 1 heterocycles. The molecule has 1 amide bonds. The molecule has 0 saturated heterocycles. The Kier molecular flexibility index (Phi) is 6.84. The van der Waals surface area contributed by atoms with Crippen LogP contribution in [-0.4, -0.2) is 36.5 Å². The normalized spacial score (nSPS) is 11.3. The number of rotatable bonds is 7. The molecule has 0 N–H and O–H groups in total. The van der Waals surface area contributed by atoms with E-state index in [-0.39, 0.29) is 18.1 Å². The largest absolute Gasteiger partial charge is 0.493 e. The van der Waals surface area contributed by atoms with Crippen LogP contribution >= 0.6 is 11.3 Å². The van der Waals surface area contributed by atoms with Gasteiger partial charge >= 0.3 is 6.18 Å². The fourth-order valence-corrected chi connectivity index (χ4v) is 3.63. The number of carbonyl (C=O) groups is 1. The van der Waals surface area contributed by atoms with E-state index >= 15 is 0 Å². The molecule has 2 aromatic carbocycles. The molecule has 0 radical (unpaired) electrons. The van der Waals surface area contributed by atoms with Crippen LogP contribution in [0.4, 0.5) is 13.2 Å². The first-order chi connectivity index (χ1) is 14.7. The minimum atomic E-state index is -4.46. The van der Waals surface area contributed by atoms with E-state index < -0.39 is 11.7 Å². The number of nitrogens with zero attached hydrogens (tertiary/aromatic N) is 2. The number of amides is 1. The summed E-state index contributed by atoms with van der Waals surface area (Å²) in [7, 11) is 3.15. The molecule has 0 unspecified atom stereocenters. The highest BCUT2D eigenvalue weighted by molar-refractivity contribution is 7.13. The van der Waals surface area contributed by atoms with Crippen molar-refractivity contribution in [2.75, 3.05) is 20.7 Å². The van der Waals surface area contributed by atoms with E-state index in [9.17, 15) is 18.0 Å². The van der Waals surface area contributed by atoms with Crippen LogP contribution in [0.15, 0.2) is 47.8 Å². The van der Waals surface area contributed by atoms with Gasteiger partial charge in [0.1, 0.15) is 17.3 Å². The van der Waals surface area contributed by atoms with Crippen LogP contribution in [0.3, 0.4) is 0 Å². The molecule has 164 valence electrons. The third kappa shape index (κ3) is 5.16. The maximum Gasteiger partial charge on any atom is 0.416 e. The van der Waals surface area contributed by atoms with Gasteiger partial charge in [-0.3, -0.25) is 4.79 Å². The molecule has 31 heavy (non-hydrogen) atoms. The molecule has 1 aromatic heterocycles. The van der Waals surface area contributed by atoms with E-state index in [1.807, 2.05) is 6.92 Å². The lowest BCUT2D eigenvalue weighted by atomic mass is 10.1. The van der Waals surface area contributed by atoms with Crippen molar-refractivity contribution >= 4 is 17.2 Å². The summed E-state index contributed by atoms with van der Waals surface area (Å²) in [6.45, 7) is 2.19. The van der Waals surface area contributed by atoms with Crippen LogP contribution < -0.4 is 9.47 Å². The van der Waals surface area contributed by atoms with Crippen LogP contribution in [0.1, 0.15) is 28.5 Å². The monoisotopic (exact) mass is 450 g/mol. The summed E-state index contributed by atoms with van der Waals surface area (Å²) in [5.41, 5.74) is 0.363. The molecular formula is C22H21F3N2O3S. The molecule has 0 aliphatic carbocycles. The highest BCUT2D eigenvalue weighted by Crippen LogP contribution is 2.36. The Morgan fingerprint density at radius 3 is 2.58 bits per heavy atom. The van der Waals surface area contributed by atoms with Crippen LogP contribution in [0.2, 0.25) is 0 Å². The molecule has 0 aliphatic heterocycles. The fourth-order valence-electron chi connectivity index (χ4n) is 2.84. The Balaban J connectivity index is 1.81. The minimum absolute atomic E-state index is 0.0317. The van der Waals surface area contributed by atoms with E-state index in [0.29, 0.717) is 34.3 Å². The van der Waals surface area contributed by atoms with E-state index in [0.717, 1.165) is 6.07 Å². The Morgan fingerprint density at radius 2 is 1.90 bits per heavy atom. The van der Waals surface area contributed by atoms with Crippen molar-refractivity contribution in [1.82, 2.24) is 9.88 Å². The summed E-state index contributed by atoms with van der Waals surface area (Å²) >= 11 is 1.32. The van der Waals surface area contributed by atoms with E-state index in [1.54, 1.807) is 35.5 Å². The Hall–Kier alpha value is -3.07. The standard InChI is InChI=1S/C22H21F3N2O3S/c1-4-27(2)21(28)17-13-31-20(26-17)14-9-10-18(19(11-14)29-3)30-12-15-7-5-6-8-16(15)22(23,24)25/h5-11,13H,4,12H2,1-3H3. The zero-order valence-corrected chi connectivity index (χ0v) is 18.0. The molecule has 0 saturated carbocycles. The van der Waals surface area contributed by atoms with Crippen LogP contribution in [0, 0.1) is 0 Å². The number of aromatic nitrogens is 1. The minimum Gasteiger partial charge on any atom is -0.493 e. The molecule has 0 aliphatic rings. The Bertz CT molecular complexity index is 1070. The third-order valence-electron chi connectivity index (χ3n) is 4.66. The van der Waals surface area contributed by atoms with E-state index in [4.69, 9.17) is 9.47 Å². The van der Waals surface area contributed by atoms with Gasteiger partial charge in [0, 0.05) is 30.1 Å². The van der Waals surface area contributed by atoms with Gasteiger partial charge in [0.15, 0.2) is 11.5 Å². The summed E-state index contributed by atoms with van der Waals surface area (Å²) in [6, 6.07) is 10.3. The van der Waals surface area contributed by atoms with Gasteiger partial charge in [-0.25, -0.2) is 4.98 Å². The second-order valence-electron chi connectivity index (χ2n) is 6.67. The summed E-state index contributed by atoms with van der Waals surface area (Å²) < 4.78 is 50.5. The number of thiazole rings is 1. The molecule has 0 fully saturated rings. The number of hydrogen-bond donors (Lipinski definition) is 0. The van der Waals surface area contributed by atoms with Gasteiger partial charge in [-0.2, -0.15) is 13.2 Å². The van der Waals surface area contributed by atoms with Gasteiger partial charge in [0.05, 0.1) is 12.7 Å². The van der Waals surface area contributed by atoms with Gasteiger partial charge in [-0.1, -0.05) is 18.2 Å². The number of methoxy groups -OCH3 is 1. The van der Waals surface area contributed by atoms with Crippen molar-refractivity contribution in [2.24, 2.45) is 0 Å². The van der Waals surface area contributed by atoms with Crippen molar-refractivity contribution in [3.8, 4) is 22.1 Å². The van der Waals surface area contributed by atoms with E-state index in [2.05, 4.69) is 4.98 Å². The topological polar surface area (TPSA) is 51.7 Å². The van der Waals surface area contributed by atoms with Crippen molar-refractivity contribution < 1.29 is 27.4 Å². The van der Waals surface area contributed by atoms with Crippen LogP contribution in [0.25, 0.3) is 10.6 Å². The smallest absolute Gasteiger partial charge is 0.416 e. The first kappa shape index (κ1) is 22.6. The first-order valence-corrected chi connectivity index (χ1v) is 10.3. The van der Waals surface area contributed by atoms with Crippen molar-refractivity contribution in [3.05, 3.63) is 64.7 Å². The molecule has 9 heteroatoms. The number of alkyl halides is 3. The SMILES string of the molecule is CCN(C)C(=O)c1csc(-c2ccc(OCc3ccccc3C(F)(F)F)c(OC)c2)n1. The fraction of sp³-hybridized carbons (Fsp3) is 0.273. The predicted octanol–water partition coefficient (Wildman–Crippen LogP) is 5.51. The zero-order chi connectivity index (χ0) is 22.6. The molecule has 3 aromatic rings. The first-order valence-electron chi connectivity index (χ1n) is 9.42. The predicted molar refractivity (Wildman–Crippen MR) is 113 cm³/mol. The number of halogens is 3. The number of carbonyl (C=O) groups excluding carboxylic acids is 1. The Labute approximate surface area is 182 Å². The van der Waals surface area contributed by atoms with Gasteiger partial charge in [0.25, 0.3) is 5.91 Å². The summed E-state index contributed by atoms with van der Waals surface area (Å²) in [5, 5.41) is 2.31. The lowest BCUT2D eigenvalue weighted by Crippen LogP contribution is -2.26. The second-order valence-corrected chi connectivity index (χ2v) is 7.52. The second kappa shape index (κ2) is 9.38. The van der Waals surface area contributed by atoms with Crippen LogP contribution in [0.5, 0.6) is 11.5 Å².